The van der Waals surface area contributed by atoms with Gasteiger partial charge in [-0.15, -0.1) is 0 Å². The van der Waals surface area contributed by atoms with E-state index in [1.807, 2.05) is 0 Å². The Bertz CT molecular complexity index is 133. The largest absolute Gasteiger partial charge is 0.396 e. The Balaban J connectivity index is 2.43. The van der Waals surface area contributed by atoms with Crippen LogP contribution >= 0.6 is 0 Å². The van der Waals surface area contributed by atoms with Crippen LogP contribution in [0.1, 0.15) is 39.5 Å². The highest BCUT2D eigenvalue weighted by Crippen LogP contribution is 2.45. The summed E-state index contributed by atoms with van der Waals surface area (Å²) in [6, 6.07) is 0. The molecule has 1 rings (SSSR count). The van der Waals surface area contributed by atoms with E-state index in [0.29, 0.717) is 5.92 Å². The third kappa shape index (κ3) is 1.80. The Labute approximate surface area is 74.6 Å². The maximum Gasteiger partial charge on any atom is 0.0620 e. The van der Waals surface area contributed by atoms with Gasteiger partial charge < -0.3 is 10.2 Å². The first-order chi connectivity index (χ1) is 5.60. The van der Waals surface area contributed by atoms with Crippen molar-refractivity contribution < 1.29 is 10.2 Å². The Morgan fingerprint density at radius 1 is 1.33 bits per heavy atom. The van der Waals surface area contributed by atoms with E-state index in [9.17, 15) is 5.11 Å². The van der Waals surface area contributed by atoms with E-state index in [0.717, 1.165) is 25.7 Å². The van der Waals surface area contributed by atoms with Crippen molar-refractivity contribution >= 4 is 0 Å². The van der Waals surface area contributed by atoms with Crippen molar-refractivity contribution in [1.82, 2.24) is 0 Å². The second kappa shape index (κ2) is 3.75. The van der Waals surface area contributed by atoms with Crippen LogP contribution in [0.25, 0.3) is 0 Å². The smallest absolute Gasteiger partial charge is 0.0620 e. The summed E-state index contributed by atoms with van der Waals surface area (Å²) in [5, 5.41) is 19.0. The zero-order valence-corrected chi connectivity index (χ0v) is 8.08. The van der Waals surface area contributed by atoms with Crippen LogP contribution in [0, 0.1) is 11.3 Å². The van der Waals surface area contributed by atoms with Gasteiger partial charge in [0, 0.05) is 5.41 Å². The molecule has 0 radical (unpaired) electrons. The van der Waals surface area contributed by atoms with E-state index in [2.05, 4.69) is 13.8 Å². The highest BCUT2D eigenvalue weighted by atomic mass is 16.3. The van der Waals surface area contributed by atoms with Crippen molar-refractivity contribution in [3.05, 3.63) is 0 Å². The quantitative estimate of drug-likeness (QED) is 0.675. The zero-order valence-electron chi connectivity index (χ0n) is 8.08. The third-order valence-electron chi connectivity index (χ3n) is 3.07. The highest BCUT2D eigenvalue weighted by molar-refractivity contribution is 4.93. The summed E-state index contributed by atoms with van der Waals surface area (Å²) in [4.78, 5) is 0. The highest BCUT2D eigenvalue weighted by Gasteiger charge is 2.42. The molecule has 0 aromatic carbocycles. The van der Waals surface area contributed by atoms with Crippen LogP contribution in [-0.2, 0) is 0 Å². The minimum atomic E-state index is -0.295. The summed E-state index contributed by atoms with van der Waals surface area (Å²) >= 11 is 0. The Hall–Kier alpha value is -0.0800. The van der Waals surface area contributed by atoms with Crippen molar-refractivity contribution in [2.45, 2.75) is 45.6 Å². The molecule has 0 heterocycles. The maximum atomic E-state index is 9.83. The first kappa shape index (κ1) is 10.0. The summed E-state index contributed by atoms with van der Waals surface area (Å²) in [5.74, 6) is 0.518. The van der Waals surface area contributed by atoms with Gasteiger partial charge in [0.15, 0.2) is 0 Å². The molecule has 1 atom stereocenters. The molecule has 1 fully saturated rings. The van der Waals surface area contributed by atoms with Gasteiger partial charge in [-0.3, -0.25) is 0 Å². The van der Waals surface area contributed by atoms with Gasteiger partial charge in [0.25, 0.3) is 0 Å². The van der Waals surface area contributed by atoms with Gasteiger partial charge in [-0.2, -0.15) is 0 Å². The first-order valence-electron chi connectivity index (χ1n) is 4.89. The summed E-state index contributed by atoms with van der Waals surface area (Å²) < 4.78 is 0. The Morgan fingerprint density at radius 3 is 2.17 bits per heavy atom. The molecular weight excluding hydrogens is 152 g/mol. The fraction of sp³-hybridized carbons (Fsp3) is 1.00. The molecule has 0 bridgehead atoms. The van der Waals surface area contributed by atoms with Crippen LogP contribution in [0.15, 0.2) is 0 Å². The van der Waals surface area contributed by atoms with Crippen molar-refractivity contribution in [2.75, 3.05) is 6.61 Å². The van der Waals surface area contributed by atoms with Crippen molar-refractivity contribution in [2.24, 2.45) is 11.3 Å². The molecule has 2 nitrogen and oxygen atoms in total. The number of rotatable bonds is 4. The SMILES string of the molecule is CC(C)C[C@H](O)C1(CO)CCC1. The lowest BCUT2D eigenvalue weighted by molar-refractivity contribution is -0.0789. The molecule has 0 saturated heterocycles. The third-order valence-corrected chi connectivity index (χ3v) is 3.07. The average molecular weight is 172 g/mol. The molecule has 0 unspecified atom stereocenters. The van der Waals surface area contributed by atoms with Crippen LogP contribution in [-0.4, -0.2) is 22.9 Å². The van der Waals surface area contributed by atoms with E-state index < -0.39 is 0 Å². The molecule has 1 saturated carbocycles. The van der Waals surface area contributed by atoms with Gasteiger partial charge in [0.05, 0.1) is 12.7 Å². The monoisotopic (exact) mass is 172 g/mol. The van der Waals surface area contributed by atoms with Crippen LogP contribution < -0.4 is 0 Å². The van der Waals surface area contributed by atoms with Crippen LogP contribution in [0.5, 0.6) is 0 Å². The topological polar surface area (TPSA) is 40.5 Å². The number of hydrogen-bond acceptors (Lipinski definition) is 2. The normalized spacial score (nSPS) is 23.8. The number of aliphatic hydroxyl groups is 2. The first-order valence-corrected chi connectivity index (χ1v) is 4.89. The van der Waals surface area contributed by atoms with Crippen molar-refractivity contribution in [3.8, 4) is 0 Å². The van der Waals surface area contributed by atoms with E-state index in [4.69, 9.17) is 5.11 Å². The molecule has 12 heavy (non-hydrogen) atoms. The molecular formula is C10H20O2. The molecule has 1 aliphatic rings. The lowest BCUT2D eigenvalue weighted by Gasteiger charge is -2.44. The molecule has 2 heteroatoms. The van der Waals surface area contributed by atoms with Gasteiger partial charge in [-0.1, -0.05) is 20.3 Å². The molecule has 1 aliphatic carbocycles. The van der Waals surface area contributed by atoms with Crippen LogP contribution in [0.2, 0.25) is 0 Å². The Kier molecular flexibility index (Phi) is 3.13. The molecule has 0 amide bonds. The van der Waals surface area contributed by atoms with Gasteiger partial charge in [-0.05, 0) is 25.2 Å². The predicted octanol–water partition coefficient (Wildman–Crippen LogP) is 1.56. The fourth-order valence-corrected chi connectivity index (χ4v) is 1.92. The molecule has 0 aromatic rings. The van der Waals surface area contributed by atoms with E-state index >= 15 is 0 Å². The van der Waals surface area contributed by atoms with Crippen LogP contribution in [0.4, 0.5) is 0 Å². The van der Waals surface area contributed by atoms with E-state index in [1.165, 1.54) is 0 Å². The molecule has 72 valence electrons. The van der Waals surface area contributed by atoms with E-state index in [-0.39, 0.29) is 18.1 Å². The average Bonchev–Trinajstić information content (AvgIpc) is 1.83. The van der Waals surface area contributed by atoms with E-state index in [1.54, 1.807) is 0 Å². The number of hydrogen-bond donors (Lipinski definition) is 2. The van der Waals surface area contributed by atoms with Gasteiger partial charge in [-0.25, -0.2) is 0 Å². The lowest BCUT2D eigenvalue weighted by Crippen LogP contribution is -2.44. The molecule has 2 N–H and O–H groups in total. The molecule has 0 aromatic heterocycles. The minimum Gasteiger partial charge on any atom is -0.396 e. The summed E-state index contributed by atoms with van der Waals surface area (Å²) in [7, 11) is 0. The summed E-state index contributed by atoms with van der Waals surface area (Å²) in [5.41, 5.74) is -0.135. The number of aliphatic hydroxyl groups excluding tert-OH is 2. The summed E-state index contributed by atoms with van der Waals surface area (Å²) in [6.07, 6.45) is 3.68. The van der Waals surface area contributed by atoms with Crippen molar-refractivity contribution in [3.63, 3.8) is 0 Å². The van der Waals surface area contributed by atoms with Gasteiger partial charge in [0.2, 0.25) is 0 Å². The Morgan fingerprint density at radius 2 is 1.92 bits per heavy atom. The molecule has 0 aliphatic heterocycles. The molecule has 0 spiro atoms. The second-order valence-corrected chi connectivity index (χ2v) is 4.52. The van der Waals surface area contributed by atoms with Gasteiger partial charge >= 0.3 is 0 Å². The van der Waals surface area contributed by atoms with Crippen molar-refractivity contribution in [1.29, 1.82) is 0 Å². The zero-order chi connectivity index (χ0) is 9.19. The minimum absolute atomic E-state index is 0.135. The standard InChI is InChI=1S/C10H20O2/c1-8(2)6-9(12)10(7-11)4-3-5-10/h8-9,11-12H,3-7H2,1-2H3/t9-/m0/s1. The van der Waals surface area contributed by atoms with Gasteiger partial charge in [0.1, 0.15) is 0 Å². The second-order valence-electron chi connectivity index (χ2n) is 4.52. The fourth-order valence-electron chi connectivity index (χ4n) is 1.92. The summed E-state index contributed by atoms with van der Waals surface area (Å²) in [6.45, 7) is 4.36. The lowest BCUT2D eigenvalue weighted by atomic mass is 9.64. The van der Waals surface area contributed by atoms with Crippen LogP contribution in [0.3, 0.4) is 0 Å². The maximum absolute atomic E-state index is 9.83. The predicted molar refractivity (Wildman–Crippen MR) is 48.8 cm³/mol.